The van der Waals surface area contributed by atoms with Gasteiger partial charge in [0, 0.05) is 10.6 Å². The maximum atomic E-state index is 5.98. The lowest BCUT2D eigenvalue weighted by Gasteiger charge is -2.11. The first-order chi connectivity index (χ1) is 15.1. The number of nitrogens with zero attached hydrogens (tertiary/aromatic N) is 3. The second-order valence-electron chi connectivity index (χ2n) is 6.60. The Bertz CT molecular complexity index is 1250. The van der Waals surface area contributed by atoms with Crippen LogP contribution in [0.4, 0.5) is 0 Å². The van der Waals surface area contributed by atoms with Gasteiger partial charge in [-0.3, -0.25) is 0 Å². The Morgan fingerprint density at radius 2 is 1.84 bits per heavy atom. The smallest absolute Gasteiger partial charge is 0.216 e. The number of methoxy groups -OCH3 is 1. The van der Waals surface area contributed by atoms with Crippen molar-refractivity contribution in [2.75, 3.05) is 7.11 Å². The van der Waals surface area contributed by atoms with E-state index in [4.69, 9.17) is 33.3 Å². The lowest BCUT2D eigenvalue weighted by atomic mass is 10.2. The molecule has 156 valence electrons. The molecule has 0 aliphatic carbocycles. The van der Waals surface area contributed by atoms with E-state index in [-0.39, 0.29) is 0 Å². The fraction of sp³-hybridized carbons (Fsp3) is 0.0870. The molecule has 0 saturated carbocycles. The molecule has 3 aromatic carbocycles. The van der Waals surface area contributed by atoms with Crippen LogP contribution in [0.15, 0.2) is 77.9 Å². The Morgan fingerprint density at radius 3 is 2.58 bits per heavy atom. The standard InChI is InChI=1S/C23H19ClN4O2S/c1-29-20-12-7-17(13-21(20)30-15-16-5-3-2-4-6-16)14-25-28-22(26-27-23(28)31)18-8-10-19(24)11-9-18/h2-14H,15H2,1H3,(H,27,31). The van der Waals surface area contributed by atoms with Crippen molar-refractivity contribution in [3.63, 3.8) is 0 Å². The highest BCUT2D eigenvalue weighted by atomic mass is 35.5. The molecule has 0 amide bonds. The summed E-state index contributed by atoms with van der Waals surface area (Å²) < 4.78 is 13.3. The predicted octanol–water partition coefficient (Wildman–Crippen LogP) is 5.73. The third kappa shape index (κ3) is 5.02. The SMILES string of the molecule is COc1ccc(C=Nn2c(-c3ccc(Cl)cc3)n[nH]c2=S)cc1OCc1ccccc1. The quantitative estimate of drug-likeness (QED) is 0.288. The van der Waals surface area contributed by atoms with Crippen LogP contribution in [0.25, 0.3) is 11.4 Å². The van der Waals surface area contributed by atoms with E-state index in [1.54, 1.807) is 30.1 Å². The van der Waals surface area contributed by atoms with Crippen molar-refractivity contribution < 1.29 is 9.47 Å². The summed E-state index contributed by atoms with van der Waals surface area (Å²) in [4.78, 5) is 0. The number of hydrogen-bond acceptors (Lipinski definition) is 5. The van der Waals surface area contributed by atoms with Crippen molar-refractivity contribution in [2.45, 2.75) is 6.61 Å². The zero-order valence-electron chi connectivity index (χ0n) is 16.7. The number of aromatic amines is 1. The highest BCUT2D eigenvalue weighted by molar-refractivity contribution is 7.71. The molecule has 6 nitrogen and oxygen atoms in total. The maximum Gasteiger partial charge on any atom is 0.216 e. The van der Waals surface area contributed by atoms with Gasteiger partial charge in [0.1, 0.15) is 6.61 Å². The summed E-state index contributed by atoms with van der Waals surface area (Å²) in [5.41, 5.74) is 2.74. The molecule has 0 radical (unpaired) electrons. The molecule has 4 aromatic rings. The van der Waals surface area contributed by atoms with Gasteiger partial charge in [-0.25, -0.2) is 5.10 Å². The minimum absolute atomic E-state index is 0.385. The van der Waals surface area contributed by atoms with E-state index in [0.29, 0.717) is 33.7 Å². The van der Waals surface area contributed by atoms with Crippen molar-refractivity contribution in [3.8, 4) is 22.9 Å². The Labute approximate surface area is 189 Å². The van der Waals surface area contributed by atoms with Crippen LogP contribution in [-0.4, -0.2) is 28.2 Å². The van der Waals surface area contributed by atoms with Crippen LogP contribution in [0.3, 0.4) is 0 Å². The Hall–Kier alpha value is -3.42. The van der Waals surface area contributed by atoms with E-state index >= 15 is 0 Å². The molecule has 31 heavy (non-hydrogen) atoms. The zero-order chi connectivity index (χ0) is 21.6. The van der Waals surface area contributed by atoms with Gasteiger partial charge in [0.25, 0.3) is 0 Å². The number of nitrogens with one attached hydrogen (secondary N) is 1. The van der Waals surface area contributed by atoms with Crippen molar-refractivity contribution in [3.05, 3.63) is 93.7 Å². The van der Waals surface area contributed by atoms with Gasteiger partial charge in [0.15, 0.2) is 17.3 Å². The van der Waals surface area contributed by atoms with Crippen LogP contribution in [0.2, 0.25) is 5.02 Å². The number of aromatic nitrogens is 3. The lowest BCUT2D eigenvalue weighted by Crippen LogP contribution is -1.99. The van der Waals surface area contributed by atoms with E-state index in [2.05, 4.69) is 15.3 Å². The summed E-state index contributed by atoms with van der Waals surface area (Å²) in [5.74, 6) is 1.87. The average Bonchev–Trinajstić information content (AvgIpc) is 3.17. The highest BCUT2D eigenvalue weighted by Gasteiger charge is 2.09. The molecule has 0 aliphatic heterocycles. The minimum Gasteiger partial charge on any atom is -0.493 e. The highest BCUT2D eigenvalue weighted by Crippen LogP contribution is 2.28. The van der Waals surface area contributed by atoms with Crippen LogP contribution >= 0.6 is 23.8 Å². The van der Waals surface area contributed by atoms with Crippen LogP contribution in [0.1, 0.15) is 11.1 Å². The van der Waals surface area contributed by atoms with Crippen molar-refractivity contribution in [1.82, 2.24) is 14.9 Å². The van der Waals surface area contributed by atoms with E-state index < -0.39 is 0 Å². The molecule has 0 spiro atoms. The molecule has 1 aromatic heterocycles. The van der Waals surface area contributed by atoms with E-state index in [0.717, 1.165) is 16.7 Å². The Balaban J connectivity index is 1.59. The molecular formula is C23H19ClN4O2S. The molecule has 0 unspecified atom stereocenters. The molecular weight excluding hydrogens is 432 g/mol. The molecule has 0 bridgehead atoms. The first kappa shape index (κ1) is 20.8. The third-order valence-electron chi connectivity index (χ3n) is 4.50. The van der Waals surface area contributed by atoms with Gasteiger partial charge in [-0.2, -0.15) is 14.9 Å². The molecule has 0 aliphatic rings. The number of benzene rings is 3. The first-order valence-electron chi connectivity index (χ1n) is 9.46. The van der Waals surface area contributed by atoms with Crippen LogP contribution < -0.4 is 9.47 Å². The summed E-state index contributed by atoms with van der Waals surface area (Å²) in [5, 5.41) is 12.2. The van der Waals surface area contributed by atoms with E-state index in [9.17, 15) is 0 Å². The average molecular weight is 451 g/mol. The number of halogens is 1. The molecule has 0 fully saturated rings. The molecule has 1 heterocycles. The van der Waals surface area contributed by atoms with Crippen molar-refractivity contribution in [2.24, 2.45) is 5.10 Å². The number of ether oxygens (including phenoxy) is 2. The lowest BCUT2D eigenvalue weighted by molar-refractivity contribution is 0.284. The number of rotatable bonds is 7. The molecule has 0 atom stereocenters. The largest absolute Gasteiger partial charge is 0.493 e. The monoisotopic (exact) mass is 450 g/mol. The van der Waals surface area contributed by atoms with Crippen molar-refractivity contribution in [1.29, 1.82) is 0 Å². The molecule has 8 heteroatoms. The molecule has 1 N–H and O–H groups in total. The van der Waals surface area contributed by atoms with Gasteiger partial charge in [0.2, 0.25) is 4.77 Å². The topological polar surface area (TPSA) is 64.4 Å². The van der Waals surface area contributed by atoms with Gasteiger partial charge < -0.3 is 9.47 Å². The summed E-state index contributed by atoms with van der Waals surface area (Å²) >= 11 is 11.3. The number of H-pyrrole nitrogens is 1. The third-order valence-corrected chi connectivity index (χ3v) is 5.02. The summed E-state index contributed by atoms with van der Waals surface area (Å²) in [6.45, 7) is 0.436. The predicted molar refractivity (Wildman–Crippen MR) is 125 cm³/mol. The summed E-state index contributed by atoms with van der Waals surface area (Å²) in [7, 11) is 1.61. The summed E-state index contributed by atoms with van der Waals surface area (Å²) in [6, 6.07) is 22.9. The minimum atomic E-state index is 0.385. The van der Waals surface area contributed by atoms with Gasteiger partial charge in [0.05, 0.1) is 13.3 Å². The van der Waals surface area contributed by atoms with E-state index in [1.807, 2.05) is 60.7 Å². The normalized spacial score (nSPS) is 11.0. The van der Waals surface area contributed by atoms with Crippen LogP contribution in [0, 0.1) is 4.77 Å². The van der Waals surface area contributed by atoms with Crippen LogP contribution in [-0.2, 0) is 6.61 Å². The van der Waals surface area contributed by atoms with Gasteiger partial charge in [-0.1, -0.05) is 41.9 Å². The van der Waals surface area contributed by atoms with Gasteiger partial charge in [-0.05, 0) is 65.8 Å². The fourth-order valence-electron chi connectivity index (χ4n) is 2.93. The van der Waals surface area contributed by atoms with Crippen molar-refractivity contribution >= 4 is 30.0 Å². The van der Waals surface area contributed by atoms with E-state index in [1.165, 1.54) is 0 Å². The van der Waals surface area contributed by atoms with Crippen LogP contribution in [0.5, 0.6) is 11.5 Å². The second kappa shape index (κ2) is 9.59. The zero-order valence-corrected chi connectivity index (χ0v) is 18.2. The second-order valence-corrected chi connectivity index (χ2v) is 7.42. The Morgan fingerprint density at radius 1 is 1.06 bits per heavy atom. The number of hydrogen-bond donors (Lipinski definition) is 1. The molecule has 0 saturated heterocycles. The maximum absolute atomic E-state index is 5.98. The fourth-order valence-corrected chi connectivity index (χ4v) is 3.24. The Kier molecular flexibility index (Phi) is 6.45. The van der Waals surface area contributed by atoms with Gasteiger partial charge in [-0.15, -0.1) is 0 Å². The van der Waals surface area contributed by atoms with Gasteiger partial charge >= 0.3 is 0 Å². The summed E-state index contributed by atoms with van der Waals surface area (Å²) in [6.07, 6.45) is 1.69. The molecule has 4 rings (SSSR count). The first-order valence-corrected chi connectivity index (χ1v) is 10.2.